The van der Waals surface area contributed by atoms with Crippen molar-refractivity contribution in [2.75, 3.05) is 29.9 Å². The normalized spacial score (nSPS) is 22.6. The monoisotopic (exact) mass is 257 g/mol. The molecule has 3 rings (SSSR count). The van der Waals surface area contributed by atoms with Gasteiger partial charge in [0.1, 0.15) is 6.04 Å². The molecule has 1 unspecified atom stereocenters. The SMILES string of the molecule is CC1=CCN(c2ccc3c(c2)N(C)C(=O)C3N)CC1. The van der Waals surface area contributed by atoms with Crippen LogP contribution in [0.25, 0.3) is 0 Å². The zero-order valence-corrected chi connectivity index (χ0v) is 11.4. The third-order valence-corrected chi connectivity index (χ3v) is 4.11. The Hall–Kier alpha value is -1.81. The number of nitrogens with two attached hydrogens (primary N) is 1. The summed E-state index contributed by atoms with van der Waals surface area (Å²) in [4.78, 5) is 15.9. The molecule has 1 atom stereocenters. The van der Waals surface area contributed by atoms with Gasteiger partial charge in [0.15, 0.2) is 0 Å². The van der Waals surface area contributed by atoms with Crippen molar-refractivity contribution < 1.29 is 4.79 Å². The average Bonchev–Trinajstić information content (AvgIpc) is 2.64. The van der Waals surface area contributed by atoms with Crippen molar-refractivity contribution in [2.45, 2.75) is 19.4 Å². The molecule has 4 nitrogen and oxygen atoms in total. The number of hydrogen-bond acceptors (Lipinski definition) is 3. The van der Waals surface area contributed by atoms with Gasteiger partial charge in [-0.25, -0.2) is 0 Å². The maximum atomic E-state index is 11.9. The highest BCUT2D eigenvalue weighted by Gasteiger charge is 2.32. The number of carbonyl (C=O) groups is 1. The van der Waals surface area contributed by atoms with E-state index in [-0.39, 0.29) is 5.91 Å². The third-order valence-electron chi connectivity index (χ3n) is 4.11. The summed E-state index contributed by atoms with van der Waals surface area (Å²) in [5.41, 5.74) is 10.4. The van der Waals surface area contributed by atoms with Crippen molar-refractivity contribution in [1.82, 2.24) is 0 Å². The van der Waals surface area contributed by atoms with Gasteiger partial charge in [-0.2, -0.15) is 0 Å². The van der Waals surface area contributed by atoms with Crippen molar-refractivity contribution >= 4 is 17.3 Å². The highest BCUT2D eigenvalue weighted by atomic mass is 16.2. The van der Waals surface area contributed by atoms with E-state index in [1.807, 2.05) is 6.07 Å². The molecule has 0 radical (unpaired) electrons. The molecule has 0 aromatic heterocycles. The van der Waals surface area contributed by atoms with Crippen molar-refractivity contribution in [2.24, 2.45) is 5.73 Å². The summed E-state index contributed by atoms with van der Waals surface area (Å²) < 4.78 is 0. The van der Waals surface area contributed by atoms with Gasteiger partial charge in [0.05, 0.1) is 5.69 Å². The van der Waals surface area contributed by atoms with Crippen molar-refractivity contribution in [3.8, 4) is 0 Å². The maximum Gasteiger partial charge on any atom is 0.248 e. The summed E-state index contributed by atoms with van der Waals surface area (Å²) in [6.07, 6.45) is 3.36. The first-order valence-electron chi connectivity index (χ1n) is 6.65. The Morgan fingerprint density at radius 1 is 1.37 bits per heavy atom. The summed E-state index contributed by atoms with van der Waals surface area (Å²) in [6, 6.07) is 5.63. The number of nitrogens with zero attached hydrogens (tertiary/aromatic N) is 2. The Morgan fingerprint density at radius 3 is 2.84 bits per heavy atom. The molecule has 2 aliphatic heterocycles. The zero-order chi connectivity index (χ0) is 13.6. The van der Waals surface area contributed by atoms with Crippen LogP contribution in [0.3, 0.4) is 0 Å². The van der Waals surface area contributed by atoms with Gasteiger partial charge in [-0.15, -0.1) is 0 Å². The molecule has 4 heteroatoms. The molecule has 2 aliphatic rings. The number of carbonyl (C=O) groups excluding carboxylic acids is 1. The minimum absolute atomic E-state index is 0.0264. The van der Waals surface area contributed by atoms with Crippen molar-refractivity contribution in [3.63, 3.8) is 0 Å². The molecule has 2 heterocycles. The van der Waals surface area contributed by atoms with Crippen LogP contribution in [0.5, 0.6) is 0 Å². The Labute approximate surface area is 113 Å². The fourth-order valence-electron chi connectivity index (χ4n) is 2.75. The predicted molar refractivity (Wildman–Crippen MR) is 77.4 cm³/mol. The fraction of sp³-hybridized carbons (Fsp3) is 0.400. The highest BCUT2D eigenvalue weighted by molar-refractivity contribution is 6.04. The maximum absolute atomic E-state index is 11.9. The molecule has 0 bridgehead atoms. The van der Waals surface area contributed by atoms with E-state index in [2.05, 4.69) is 30.0 Å². The van der Waals surface area contributed by atoms with Crippen LogP contribution < -0.4 is 15.5 Å². The van der Waals surface area contributed by atoms with Crippen LogP contribution >= 0.6 is 0 Å². The van der Waals surface area contributed by atoms with E-state index in [4.69, 9.17) is 5.73 Å². The lowest BCUT2D eigenvalue weighted by atomic mass is 10.1. The smallest absolute Gasteiger partial charge is 0.248 e. The molecular formula is C15H19N3O. The minimum atomic E-state index is -0.502. The number of anilines is 2. The van der Waals surface area contributed by atoms with E-state index >= 15 is 0 Å². The van der Waals surface area contributed by atoms with Crippen LogP contribution in [0.1, 0.15) is 24.9 Å². The molecule has 1 amide bonds. The Morgan fingerprint density at radius 2 is 2.16 bits per heavy atom. The van der Waals surface area contributed by atoms with Gasteiger partial charge in [-0.3, -0.25) is 4.79 Å². The van der Waals surface area contributed by atoms with Crippen LogP contribution in [-0.4, -0.2) is 26.0 Å². The van der Waals surface area contributed by atoms with Gasteiger partial charge < -0.3 is 15.5 Å². The first kappa shape index (κ1) is 12.2. The largest absolute Gasteiger partial charge is 0.367 e. The molecule has 19 heavy (non-hydrogen) atoms. The van der Waals surface area contributed by atoms with Gasteiger partial charge in [-0.1, -0.05) is 17.7 Å². The van der Waals surface area contributed by atoms with E-state index in [1.54, 1.807) is 11.9 Å². The van der Waals surface area contributed by atoms with E-state index < -0.39 is 6.04 Å². The Kier molecular flexibility index (Phi) is 2.82. The summed E-state index contributed by atoms with van der Waals surface area (Å²) in [5, 5.41) is 0. The molecule has 0 aliphatic carbocycles. The zero-order valence-electron chi connectivity index (χ0n) is 11.4. The molecule has 0 spiro atoms. The van der Waals surface area contributed by atoms with Gasteiger partial charge in [0.25, 0.3) is 0 Å². The Balaban J connectivity index is 1.93. The summed E-state index contributed by atoms with van der Waals surface area (Å²) >= 11 is 0. The van der Waals surface area contributed by atoms with E-state index in [0.29, 0.717) is 0 Å². The van der Waals surface area contributed by atoms with Crippen molar-refractivity contribution in [1.29, 1.82) is 0 Å². The second-order valence-corrected chi connectivity index (χ2v) is 5.36. The minimum Gasteiger partial charge on any atom is -0.367 e. The molecule has 1 aromatic carbocycles. The van der Waals surface area contributed by atoms with E-state index in [1.165, 1.54) is 5.57 Å². The van der Waals surface area contributed by atoms with Crippen LogP contribution in [0.15, 0.2) is 29.8 Å². The van der Waals surface area contributed by atoms with Crippen LogP contribution in [0, 0.1) is 0 Å². The number of fused-ring (bicyclic) bond motifs is 1. The second-order valence-electron chi connectivity index (χ2n) is 5.36. The standard InChI is InChI=1S/C15H19N3O/c1-10-5-7-18(8-6-10)11-3-4-12-13(9-11)17(2)15(19)14(12)16/h3-5,9,14H,6-8,16H2,1-2H3. The quantitative estimate of drug-likeness (QED) is 0.781. The van der Waals surface area contributed by atoms with E-state index in [9.17, 15) is 4.79 Å². The molecule has 100 valence electrons. The van der Waals surface area contributed by atoms with Crippen LogP contribution in [0.2, 0.25) is 0 Å². The molecular weight excluding hydrogens is 238 g/mol. The lowest BCUT2D eigenvalue weighted by Gasteiger charge is -2.28. The van der Waals surface area contributed by atoms with Gasteiger partial charge in [-0.05, 0) is 25.5 Å². The molecule has 1 aromatic rings. The summed E-state index contributed by atoms with van der Waals surface area (Å²) in [6.45, 7) is 4.14. The average molecular weight is 257 g/mol. The second kappa shape index (κ2) is 4.38. The first-order valence-corrected chi connectivity index (χ1v) is 6.65. The van der Waals surface area contributed by atoms with E-state index in [0.717, 1.165) is 36.4 Å². The topological polar surface area (TPSA) is 49.6 Å². The third kappa shape index (κ3) is 1.92. The summed E-state index contributed by atoms with van der Waals surface area (Å²) in [7, 11) is 1.79. The number of rotatable bonds is 1. The van der Waals surface area contributed by atoms with Crippen LogP contribution in [-0.2, 0) is 4.79 Å². The molecule has 0 saturated carbocycles. The molecule has 2 N–H and O–H groups in total. The molecule has 0 fully saturated rings. The summed E-state index contributed by atoms with van der Waals surface area (Å²) in [5.74, 6) is -0.0264. The predicted octanol–water partition coefficient (Wildman–Crippen LogP) is 1.82. The first-order chi connectivity index (χ1) is 9.08. The Bertz CT molecular complexity index is 565. The highest BCUT2D eigenvalue weighted by Crippen LogP contribution is 2.36. The van der Waals surface area contributed by atoms with Crippen LogP contribution in [0.4, 0.5) is 11.4 Å². The molecule has 0 saturated heterocycles. The number of likely N-dealkylation sites (N-methyl/N-ethyl adjacent to an activating group) is 1. The number of hydrogen-bond donors (Lipinski definition) is 1. The number of amides is 1. The van der Waals surface area contributed by atoms with Gasteiger partial charge in [0.2, 0.25) is 5.91 Å². The fourth-order valence-corrected chi connectivity index (χ4v) is 2.75. The number of benzene rings is 1. The lowest BCUT2D eigenvalue weighted by Crippen LogP contribution is -2.28. The van der Waals surface area contributed by atoms with Crippen molar-refractivity contribution in [3.05, 3.63) is 35.4 Å². The lowest BCUT2D eigenvalue weighted by molar-refractivity contribution is -0.118. The van der Waals surface area contributed by atoms with Gasteiger partial charge in [0, 0.05) is 31.4 Å². The van der Waals surface area contributed by atoms with Gasteiger partial charge >= 0.3 is 0 Å².